The van der Waals surface area contributed by atoms with Crippen LogP contribution < -0.4 is 0 Å². The van der Waals surface area contributed by atoms with E-state index in [2.05, 4.69) is 0 Å². The molecule has 0 N–H and O–H groups in total. The van der Waals surface area contributed by atoms with Crippen LogP contribution in [0.3, 0.4) is 0 Å². The number of nitro benzene ring substituents is 1. The average molecular weight is 405 g/mol. The van der Waals surface area contributed by atoms with Crippen LogP contribution >= 0.6 is 0 Å². The highest BCUT2D eigenvalue weighted by molar-refractivity contribution is 7.89. The summed E-state index contributed by atoms with van der Waals surface area (Å²) in [4.78, 5) is 23.7. The van der Waals surface area contributed by atoms with Crippen LogP contribution in [0.5, 0.6) is 0 Å². The predicted octanol–water partition coefficient (Wildman–Crippen LogP) is 2.24. The molecular formula is C18H19N3O6S. The zero-order valence-corrected chi connectivity index (χ0v) is 15.7. The Morgan fingerprint density at radius 3 is 2.25 bits per heavy atom. The second-order valence-electron chi connectivity index (χ2n) is 6.16. The molecule has 2 aromatic rings. The van der Waals surface area contributed by atoms with Crippen LogP contribution in [0.15, 0.2) is 59.5 Å². The van der Waals surface area contributed by atoms with Crippen LogP contribution in [0.25, 0.3) is 0 Å². The smallest absolute Gasteiger partial charge is 0.410 e. The van der Waals surface area contributed by atoms with Crippen LogP contribution in [0, 0.1) is 10.1 Å². The lowest BCUT2D eigenvalue weighted by Gasteiger charge is -2.33. The highest BCUT2D eigenvalue weighted by Gasteiger charge is 2.34. The SMILES string of the molecule is O=C(OCc1ccccc1)N1CCN(S(=O)(=O)c2ccccc2[N+](=O)[O-])CC1. The molecule has 9 nitrogen and oxygen atoms in total. The maximum Gasteiger partial charge on any atom is 0.410 e. The fraction of sp³-hybridized carbons (Fsp3) is 0.278. The van der Waals surface area contributed by atoms with Gasteiger partial charge in [0, 0.05) is 32.2 Å². The van der Waals surface area contributed by atoms with E-state index in [-0.39, 0.29) is 37.7 Å². The molecule has 1 fully saturated rings. The topological polar surface area (TPSA) is 110 Å². The Hall–Kier alpha value is -2.98. The van der Waals surface area contributed by atoms with Crippen molar-refractivity contribution >= 4 is 21.8 Å². The minimum absolute atomic E-state index is 0.0365. The van der Waals surface area contributed by atoms with Crippen molar-refractivity contribution < 1.29 is 22.9 Å². The van der Waals surface area contributed by atoms with Gasteiger partial charge in [0.05, 0.1) is 4.92 Å². The van der Waals surface area contributed by atoms with E-state index < -0.39 is 26.7 Å². The zero-order valence-electron chi connectivity index (χ0n) is 14.9. The van der Waals surface area contributed by atoms with E-state index in [1.54, 1.807) is 0 Å². The normalized spacial score (nSPS) is 15.2. The first kappa shape index (κ1) is 19.8. The van der Waals surface area contributed by atoms with Gasteiger partial charge in [-0.1, -0.05) is 42.5 Å². The lowest BCUT2D eigenvalue weighted by atomic mass is 10.2. The maximum atomic E-state index is 12.8. The van der Waals surface area contributed by atoms with Gasteiger partial charge in [-0.05, 0) is 11.6 Å². The summed E-state index contributed by atoms with van der Waals surface area (Å²) in [5.74, 6) is 0. The number of carbonyl (C=O) groups excluding carboxylic acids is 1. The number of hydrogen-bond acceptors (Lipinski definition) is 6. The van der Waals surface area contributed by atoms with Crippen molar-refractivity contribution in [2.45, 2.75) is 11.5 Å². The molecule has 0 unspecified atom stereocenters. The molecule has 1 aliphatic rings. The molecule has 0 spiro atoms. The first-order valence-electron chi connectivity index (χ1n) is 8.59. The van der Waals surface area contributed by atoms with Gasteiger partial charge in [-0.15, -0.1) is 0 Å². The molecule has 0 aliphatic carbocycles. The quantitative estimate of drug-likeness (QED) is 0.557. The second kappa shape index (κ2) is 8.36. The van der Waals surface area contributed by atoms with E-state index in [0.717, 1.165) is 15.9 Å². The molecule has 2 aromatic carbocycles. The minimum atomic E-state index is -4.03. The van der Waals surface area contributed by atoms with Gasteiger partial charge in [-0.2, -0.15) is 4.31 Å². The predicted molar refractivity (Wildman–Crippen MR) is 100 cm³/mol. The molecule has 10 heteroatoms. The third kappa shape index (κ3) is 4.29. The summed E-state index contributed by atoms with van der Waals surface area (Å²) in [6, 6.07) is 14.5. The monoisotopic (exact) mass is 405 g/mol. The van der Waals surface area contributed by atoms with E-state index in [1.165, 1.54) is 23.1 Å². The van der Waals surface area contributed by atoms with Gasteiger partial charge in [0.25, 0.3) is 5.69 Å². The molecule has 0 radical (unpaired) electrons. The number of ether oxygens (including phenoxy) is 1. The molecular weight excluding hydrogens is 386 g/mol. The molecule has 3 rings (SSSR count). The second-order valence-corrected chi connectivity index (χ2v) is 8.06. The van der Waals surface area contributed by atoms with Gasteiger partial charge in [0.2, 0.25) is 10.0 Å². The molecule has 28 heavy (non-hydrogen) atoms. The van der Waals surface area contributed by atoms with Crippen LogP contribution in [-0.4, -0.2) is 54.8 Å². The number of piperazine rings is 1. The third-order valence-corrected chi connectivity index (χ3v) is 6.33. The van der Waals surface area contributed by atoms with Gasteiger partial charge in [0.1, 0.15) is 6.61 Å². The minimum Gasteiger partial charge on any atom is -0.445 e. The van der Waals surface area contributed by atoms with E-state index in [1.807, 2.05) is 30.3 Å². The van der Waals surface area contributed by atoms with E-state index >= 15 is 0 Å². The highest BCUT2D eigenvalue weighted by atomic mass is 32.2. The molecule has 0 atom stereocenters. The first-order valence-corrected chi connectivity index (χ1v) is 10.0. The number of rotatable bonds is 5. The van der Waals surface area contributed by atoms with Gasteiger partial charge in [0.15, 0.2) is 4.90 Å². The van der Waals surface area contributed by atoms with Crippen molar-refractivity contribution in [3.05, 3.63) is 70.3 Å². The number of amides is 1. The molecule has 0 aromatic heterocycles. The lowest BCUT2D eigenvalue weighted by molar-refractivity contribution is -0.387. The zero-order chi connectivity index (χ0) is 20.1. The lowest BCUT2D eigenvalue weighted by Crippen LogP contribution is -2.50. The molecule has 1 aliphatic heterocycles. The fourth-order valence-corrected chi connectivity index (χ4v) is 4.47. The fourth-order valence-electron chi connectivity index (χ4n) is 2.89. The number of para-hydroxylation sites is 1. The molecule has 0 bridgehead atoms. The molecule has 1 amide bonds. The Bertz CT molecular complexity index is 956. The van der Waals surface area contributed by atoms with Crippen LogP contribution in [0.1, 0.15) is 5.56 Å². The van der Waals surface area contributed by atoms with Crippen molar-refractivity contribution in [3.8, 4) is 0 Å². The number of sulfonamides is 1. The van der Waals surface area contributed by atoms with E-state index in [9.17, 15) is 23.3 Å². The highest BCUT2D eigenvalue weighted by Crippen LogP contribution is 2.27. The maximum absolute atomic E-state index is 12.8. The van der Waals surface area contributed by atoms with Crippen molar-refractivity contribution in [1.29, 1.82) is 0 Å². The Morgan fingerprint density at radius 2 is 1.61 bits per heavy atom. The molecule has 1 saturated heterocycles. The summed E-state index contributed by atoms with van der Waals surface area (Å²) in [5.41, 5.74) is 0.389. The Morgan fingerprint density at radius 1 is 1.00 bits per heavy atom. The summed E-state index contributed by atoms with van der Waals surface area (Å²) in [7, 11) is -4.03. The average Bonchev–Trinajstić information content (AvgIpc) is 2.73. The van der Waals surface area contributed by atoms with Crippen LogP contribution in [0.2, 0.25) is 0 Å². The van der Waals surface area contributed by atoms with Gasteiger partial charge < -0.3 is 9.64 Å². The molecule has 148 valence electrons. The molecule has 1 heterocycles. The standard InChI is InChI=1S/C18H19N3O6S/c22-18(27-14-15-6-2-1-3-7-15)19-10-12-20(13-11-19)28(25,26)17-9-5-4-8-16(17)21(23)24/h1-9H,10-14H2. The number of nitro groups is 1. The van der Waals surface area contributed by atoms with E-state index in [0.29, 0.717) is 0 Å². The Labute approximate surface area is 162 Å². The van der Waals surface area contributed by atoms with Gasteiger partial charge in [-0.25, -0.2) is 13.2 Å². The van der Waals surface area contributed by atoms with Gasteiger partial charge >= 0.3 is 6.09 Å². The first-order chi connectivity index (χ1) is 13.4. The van der Waals surface area contributed by atoms with Crippen LogP contribution in [0.4, 0.5) is 10.5 Å². The summed E-state index contributed by atoms with van der Waals surface area (Å²) >= 11 is 0. The number of benzene rings is 2. The summed E-state index contributed by atoms with van der Waals surface area (Å²) in [5, 5.41) is 11.1. The Kier molecular flexibility index (Phi) is 5.90. The van der Waals surface area contributed by atoms with E-state index in [4.69, 9.17) is 4.74 Å². The summed E-state index contributed by atoms with van der Waals surface area (Å²) < 4.78 is 32.0. The number of nitrogens with zero attached hydrogens (tertiary/aromatic N) is 3. The summed E-state index contributed by atoms with van der Waals surface area (Å²) in [6.45, 7) is 0.499. The van der Waals surface area contributed by atoms with Crippen molar-refractivity contribution in [1.82, 2.24) is 9.21 Å². The largest absolute Gasteiger partial charge is 0.445 e. The number of hydrogen-bond donors (Lipinski definition) is 0. The van der Waals surface area contributed by atoms with Crippen molar-refractivity contribution in [2.75, 3.05) is 26.2 Å². The summed E-state index contributed by atoms with van der Waals surface area (Å²) in [6.07, 6.45) is -0.522. The molecule has 0 saturated carbocycles. The Balaban J connectivity index is 1.62. The number of carbonyl (C=O) groups is 1. The van der Waals surface area contributed by atoms with Gasteiger partial charge in [-0.3, -0.25) is 10.1 Å². The van der Waals surface area contributed by atoms with Crippen molar-refractivity contribution in [2.24, 2.45) is 0 Å². The van der Waals surface area contributed by atoms with Crippen LogP contribution in [-0.2, 0) is 21.4 Å². The third-order valence-electron chi connectivity index (χ3n) is 4.38. The van der Waals surface area contributed by atoms with Crippen molar-refractivity contribution in [3.63, 3.8) is 0 Å².